The monoisotopic (exact) mass is 218 g/mol. The summed E-state index contributed by atoms with van der Waals surface area (Å²) < 4.78 is 2.02. The molecule has 2 rings (SSSR count). The summed E-state index contributed by atoms with van der Waals surface area (Å²) in [5.74, 6) is 0. The standard InChI is InChI=1S/C12H14N2S/c1-9-3-5-11(6-4-9)12(13)8-14-7-10(2)15-14/h3-8H,13H2,1-2H3/b12-8-. The normalized spacial score (nSPS) is 12.0. The van der Waals surface area contributed by atoms with E-state index in [0.29, 0.717) is 0 Å². The van der Waals surface area contributed by atoms with Crippen LogP contribution in [0.2, 0.25) is 0 Å². The van der Waals surface area contributed by atoms with Crippen LogP contribution in [0.3, 0.4) is 0 Å². The van der Waals surface area contributed by atoms with Crippen molar-refractivity contribution >= 4 is 23.4 Å². The molecule has 0 spiro atoms. The van der Waals surface area contributed by atoms with Crippen molar-refractivity contribution in [1.29, 1.82) is 0 Å². The fourth-order valence-corrected chi connectivity index (χ4v) is 2.08. The van der Waals surface area contributed by atoms with Gasteiger partial charge in [-0.3, -0.25) is 3.96 Å². The molecule has 0 bridgehead atoms. The number of nitrogens with zero attached hydrogens (tertiary/aromatic N) is 1. The van der Waals surface area contributed by atoms with Crippen LogP contribution in [0.1, 0.15) is 16.0 Å². The average Bonchev–Trinajstić information content (AvgIpc) is 2.16. The second kappa shape index (κ2) is 3.95. The van der Waals surface area contributed by atoms with Crippen LogP contribution in [0.15, 0.2) is 30.5 Å². The highest BCUT2D eigenvalue weighted by Gasteiger charge is 1.98. The van der Waals surface area contributed by atoms with Gasteiger partial charge in [0.25, 0.3) is 0 Å². The fourth-order valence-electron chi connectivity index (χ4n) is 1.37. The Morgan fingerprint density at radius 3 is 2.40 bits per heavy atom. The molecule has 78 valence electrons. The van der Waals surface area contributed by atoms with Crippen LogP contribution in [-0.2, 0) is 0 Å². The zero-order chi connectivity index (χ0) is 10.8. The van der Waals surface area contributed by atoms with Gasteiger partial charge < -0.3 is 5.73 Å². The largest absolute Gasteiger partial charge is 0.397 e. The van der Waals surface area contributed by atoms with Crippen molar-refractivity contribution in [3.8, 4) is 0 Å². The number of nitrogens with two attached hydrogens (primary N) is 1. The van der Waals surface area contributed by atoms with E-state index in [2.05, 4.69) is 32.2 Å². The van der Waals surface area contributed by atoms with E-state index in [1.165, 1.54) is 10.4 Å². The SMILES string of the molecule is Cc1ccc(/C(N)=C/n2cc(C)s2)cc1. The van der Waals surface area contributed by atoms with Crippen molar-refractivity contribution in [2.24, 2.45) is 5.73 Å². The molecule has 0 unspecified atom stereocenters. The number of benzene rings is 1. The van der Waals surface area contributed by atoms with Gasteiger partial charge in [0.1, 0.15) is 0 Å². The van der Waals surface area contributed by atoms with Crippen LogP contribution in [0.4, 0.5) is 0 Å². The summed E-state index contributed by atoms with van der Waals surface area (Å²) in [7, 11) is 0. The summed E-state index contributed by atoms with van der Waals surface area (Å²) in [6.07, 6.45) is 4.01. The third-order valence-corrected chi connectivity index (χ3v) is 3.02. The third-order valence-electron chi connectivity index (χ3n) is 2.21. The van der Waals surface area contributed by atoms with Gasteiger partial charge in [-0.2, -0.15) is 0 Å². The Morgan fingerprint density at radius 2 is 1.87 bits per heavy atom. The second-order valence-corrected chi connectivity index (χ2v) is 4.89. The molecule has 0 fully saturated rings. The van der Waals surface area contributed by atoms with Crippen molar-refractivity contribution in [2.75, 3.05) is 0 Å². The molecular formula is C12H14N2S. The summed E-state index contributed by atoms with van der Waals surface area (Å²) in [5, 5.41) is 0. The molecule has 0 aliphatic carbocycles. The Hall–Kier alpha value is -1.48. The molecule has 2 aromatic rings. The minimum atomic E-state index is 0.797. The number of hydrogen-bond donors (Lipinski definition) is 1. The van der Waals surface area contributed by atoms with Crippen molar-refractivity contribution in [3.63, 3.8) is 0 Å². The lowest BCUT2D eigenvalue weighted by Crippen LogP contribution is -1.99. The third kappa shape index (κ3) is 2.30. The van der Waals surface area contributed by atoms with E-state index in [-0.39, 0.29) is 0 Å². The topological polar surface area (TPSA) is 30.9 Å². The highest BCUT2D eigenvalue weighted by Crippen LogP contribution is 2.16. The maximum Gasteiger partial charge on any atom is 0.0566 e. The molecule has 0 aliphatic rings. The minimum absolute atomic E-state index is 0.797. The number of hydrogen-bond acceptors (Lipinski definition) is 2. The van der Waals surface area contributed by atoms with Gasteiger partial charge in [-0.25, -0.2) is 0 Å². The van der Waals surface area contributed by atoms with Crippen LogP contribution < -0.4 is 5.73 Å². The summed E-state index contributed by atoms with van der Waals surface area (Å²) in [6.45, 7) is 4.15. The maximum absolute atomic E-state index is 5.98. The van der Waals surface area contributed by atoms with Gasteiger partial charge >= 0.3 is 0 Å². The number of aromatic nitrogens is 1. The first kappa shape index (κ1) is 10.1. The summed E-state index contributed by atoms with van der Waals surface area (Å²) in [5.41, 5.74) is 9.09. The van der Waals surface area contributed by atoms with E-state index in [1.807, 2.05) is 22.3 Å². The highest BCUT2D eigenvalue weighted by molar-refractivity contribution is 7.08. The Morgan fingerprint density at radius 1 is 1.27 bits per heavy atom. The van der Waals surface area contributed by atoms with Crippen molar-refractivity contribution in [2.45, 2.75) is 13.8 Å². The first-order valence-electron chi connectivity index (χ1n) is 4.84. The smallest absolute Gasteiger partial charge is 0.0566 e. The molecule has 2 N–H and O–H groups in total. The second-order valence-electron chi connectivity index (χ2n) is 3.64. The van der Waals surface area contributed by atoms with Crippen LogP contribution in [0, 0.1) is 13.8 Å². The zero-order valence-electron chi connectivity index (χ0n) is 8.90. The molecule has 1 heterocycles. The van der Waals surface area contributed by atoms with Gasteiger partial charge in [0.2, 0.25) is 0 Å². The Balaban J connectivity index is 2.21. The van der Waals surface area contributed by atoms with Crippen molar-refractivity contribution < 1.29 is 0 Å². The number of rotatable bonds is 2. The zero-order valence-corrected chi connectivity index (χ0v) is 9.71. The van der Waals surface area contributed by atoms with Crippen LogP contribution in [-0.4, -0.2) is 3.96 Å². The first-order valence-corrected chi connectivity index (χ1v) is 5.61. The van der Waals surface area contributed by atoms with Crippen LogP contribution in [0.25, 0.3) is 11.9 Å². The lowest BCUT2D eigenvalue weighted by molar-refractivity contribution is 1.22. The highest BCUT2D eigenvalue weighted by atomic mass is 32.1. The quantitative estimate of drug-likeness (QED) is 0.825. The molecule has 2 nitrogen and oxygen atoms in total. The van der Waals surface area contributed by atoms with Crippen LogP contribution >= 0.6 is 11.5 Å². The fraction of sp³-hybridized carbons (Fsp3) is 0.167. The molecular weight excluding hydrogens is 204 g/mol. The van der Waals surface area contributed by atoms with Gasteiger partial charge in [0.15, 0.2) is 0 Å². The molecule has 1 aromatic carbocycles. The van der Waals surface area contributed by atoms with Crippen LogP contribution in [0.5, 0.6) is 0 Å². The van der Waals surface area contributed by atoms with Crippen molar-refractivity contribution in [1.82, 2.24) is 3.96 Å². The molecule has 15 heavy (non-hydrogen) atoms. The summed E-state index contributed by atoms with van der Waals surface area (Å²) >= 11 is 1.69. The van der Waals surface area contributed by atoms with Gasteiger partial charge in [0.05, 0.1) is 5.70 Å². The minimum Gasteiger partial charge on any atom is -0.397 e. The Kier molecular flexibility index (Phi) is 2.64. The Bertz CT molecular complexity index is 462. The molecule has 0 aliphatic heterocycles. The summed E-state index contributed by atoms with van der Waals surface area (Å²) in [6, 6.07) is 8.23. The number of aryl methyl sites for hydroxylation is 2. The molecule has 0 amide bonds. The van der Waals surface area contributed by atoms with E-state index in [1.54, 1.807) is 11.5 Å². The van der Waals surface area contributed by atoms with Gasteiger partial charge in [0, 0.05) is 17.3 Å². The predicted molar refractivity (Wildman–Crippen MR) is 66.6 cm³/mol. The predicted octanol–water partition coefficient (Wildman–Crippen LogP) is 3.08. The Labute approximate surface area is 93.8 Å². The van der Waals surface area contributed by atoms with Gasteiger partial charge in [-0.05, 0) is 19.4 Å². The summed E-state index contributed by atoms with van der Waals surface area (Å²) in [4.78, 5) is 1.31. The van der Waals surface area contributed by atoms with Crippen molar-refractivity contribution in [3.05, 3.63) is 46.5 Å². The molecule has 0 atom stereocenters. The average molecular weight is 218 g/mol. The van der Waals surface area contributed by atoms with E-state index >= 15 is 0 Å². The lowest BCUT2D eigenvalue weighted by Gasteiger charge is -2.08. The van der Waals surface area contributed by atoms with E-state index in [9.17, 15) is 0 Å². The lowest BCUT2D eigenvalue weighted by atomic mass is 10.1. The van der Waals surface area contributed by atoms with E-state index < -0.39 is 0 Å². The molecule has 1 aromatic heterocycles. The van der Waals surface area contributed by atoms with Gasteiger partial charge in [-0.1, -0.05) is 41.4 Å². The molecule has 0 radical (unpaired) electrons. The molecule has 0 saturated carbocycles. The van der Waals surface area contributed by atoms with Gasteiger partial charge in [-0.15, -0.1) is 0 Å². The molecule has 3 heteroatoms. The van der Waals surface area contributed by atoms with E-state index in [4.69, 9.17) is 5.73 Å². The first-order chi connectivity index (χ1) is 7.15. The molecule has 0 saturated heterocycles. The van der Waals surface area contributed by atoms with E-state index in [0.717, 1.165) is 11.3 Å². The maximum atomic E-state index is 5.98.